The molecule has 16 heavy (non-hydrogen) atoms. The Morgan fingerprint density at radius 1 is 0.875 bits per heavy atom. The van der Waals surface area contributed by atoms with Gasteiger partial charge in [0.1, 0.15) is 0 Å². The van der Waals surface area contributed by atoms with Crippen LogP contribution in [0.4, 0.5) is 0 Å². The highest BCUT2D eigenvalue weighted by atomic mass is 14.6. The van der Waals surface area contributed by atoms with Gasteiger partial charge in [0.15, 0.2) is 0 Å². The first-order chi connectivity index (χ1) is 7.95. The van der Waals surface area contributed by atoms with Gasteiger partial charge in [-0.2, -0.15) is 0 Å². The van der Waals surface area contributed by atoms with Crippen molar-refractivity contribution in [3.8, 4) is 11.1 Å². The number of fused-ring (bicyclic) bond motifs is 1. The summed E-state index contributed by atoms with van der Waals surface area (Å²) in [6.45, 7) is 0. The molecule has 1 nitrogen and oxygen atoms in total. The normalized spacial score (nSPS) is 10.5. The third-order valence-electron chi connectivity index (χ3n) is 2.70. The van der Waals surface area contributed by atoms with E-state index in [0.29, 0.717) is 0 Å². The topological polar surface area (TPSA) is 12.9 Å². The van der Waals surface area contributed by atoms with Crippen LogP contribution in [0.25, 0.3) is 21.9 Å². The van der Waals surface area contributed by atoms with Crippen LogP contribution in [0.2, 0.25) is 0 Å². The van der Waals surface area contributed by atoms with E-state index in [1.807, 2.05) is 6.07 Å². The van der Waals surface area contributed by atoms with Crippen LogP contribution in [0.5, 0.6) is 0 Å². The van der Waals surface area contributed by atoms with Crippen molar-refractivity contribution in [2.75, 3.05) is 0 Å². The van der Waals surface area contributed by atoms with Crippen LogP contribution in [0, 0.1) is 6.07 Å². The molecule has 0 aliphatic carbocycles. The molecule has 1 heterocycles. The summed E-state index contributed by atoms with van der Waals surface area (Å²) in [5, 5.41) is 2.51. The second kappa shape index (κ2) is 3.78. The van der Waals surface area contributed by atoms with E-state index >= 15 is 0 Å². The van der Waals surface area contributed by atoms with Gasteiger partial charge in [-0.05, 0) is 28.0 Å². The lowest BCUT2D eigenvalue weighted by Gasteiger charge is -2.05. The second-order valence-corrected chi connectivity index (χ2v) is 3.68. The summed E-state index contributed by atoms with van der Waals surface area (Å²) in [7, 11) is 0. The zero-order chi connectivity index (χ0) is 10.8. The van der Waals surface area contributed by atoms with Crippen LogP contribution in [0.1, 0.15) is 0 Å². The molecule has 3 aromatic rings. The number of benzene rings is 2. The molecule has 0 saturated carbocycles. The summed E-state index contributed by atoms with van der Waals surface area (Å²) in [6.07, 6.45) is 3.50. The standard InChI is InChI=1S/C15H10N/c1-2-6-14-12(4-1)5-3-7-15(14)13-8-10-16-11-9-13/h1-8,10-11H. The Hall–Kier alpha value is -2.15. The molecule has 0 N–H and O–H groups in total. The van der Waals surface area contributed by atoms with Crippen molar-refractivity contribution >= 4 is 10.8 Å². The minimum absolute atomic E-state index is 1.09. The lowest BCUT2D eigenvalue weighted by atomic mass is 9.99. The van der Waals surface area contributed by atoms with Crippen LogP contribution in [-0.2, 0) is 0 Å². The molecular formula is C15H10N. The minimum Gasteiger partial charge on any atom is -0.264 e. The van der Waals surface area contributed by atoms with Gasteiger partial charge in [0.05, 0.1) is 0 Å². The summed E-state index contributed by atoms with van der Waals surface area (Å²) in [5.41, 5.74) is 2.30. The quantitative estimate of drug-likeness (QED) is 0.589. The third kappa shape index (κ3) is 1.47. The third-order valence-corrected chi connectivity index (χ3v) is 2.70. The van der Waals surface area contributed by atoms with E-state index in [-0.39, 0.29) is 0 Å². The molecule has 0 atom stereocenters. The van der Waals surface area contributed by atoms with Gasteiger partial charge in [-0.3, -0.25) is 4.98 Å². The van der Waals surface area contributed by atoms with Crippen LogP contribution in [-0.4, -0.2) is 4.98 Å². The van der Waals surface area contributed by atoms with Crippen LogP contribution >= 0.6 is 0 Å². The van der Waals surface area contributed by atoms with E-state index < -0.39 is 0 Å². The first-order valence-corrected chi connectivity index (χ1v) is 5.25. The zero-order valence-electron chi connectivity index (χ0n) is 8.72. The molecular weight excluding hydrogens is 194 g/mol. The van der Waals surface area contributed by atoms with Crippen molar-refractivity contribution < 1.29 is 0 Å². The molecule has 0 aliphatic heterocycles. The highest BCUT2D eigenvalue weighted by Crippen LogP contribution is 2.27. The number of rotatable bonds is 1. The predicted molar refractivity (Wildman–Crippen MR) is 66.0 cm³/mol. The number of pyridine rings is 1. The first kappa shape index (κ1) is 9.10. The maximum atomic E-state index is 4.00. The Morgan fingerprint density at radius 2 is 1.75 bits per heavy atom. The van der Waals surface area contributed by atoms with E-state index in [2.05, 4.69) is 53.5 Å². The van der Waals surface area contributed by atoms with Crippen molar-refractivity contribution in [2.24, 2.45) is 0 Å². The highest BCUT2D eigenvalue weighted by Gasteiger charge is 2.01. The predicted octanol–water partition coefficient (Wildman–Crippen LogP) is 3.70. The minimum atomic E-state index is 1.09. The highest BCUT2D eigenvalue weighted by molar-refractivity contribution is 5.96. The van der Waals surface area contributed by atoms with Gasteiger partial charge in [0, 0.05) is 18.5 Å². The maximum Gasteiger partial charge on any atom is 0.0353 e. The van der Waals surface area contributed by atoms with Gasteiger partial charge < -0.3 is 0 Å². The number of aromatic nitrogens is 1. The Morgan fingerprint density at radius 3 is 2.62 bits per heavy atom. The molecule has 2 aromatic carbocycles. The van der Waals surface area contributed by atoms with Gasteiger partial charge in [-0.15, -0.1) is 0 Å². The van der Waals surface area contributed by atoms with Gasteiger partial charge in [0.25, 0.3) is 0 Å². The maximum absolute atomic E-state index is 4.00. The largest absolute Gasteiger partial charge is 0.264 e. The van der Waals surface area contributed by atoms with Crippen molar-refractivity contribution in [1.82, 2.24) is 4.98 Å². The molecule has 0 aliphatic rings. The van der Waals surface area contributed by atoms with Gasteiger partial charge in [0.2, 0.25) is 0 Å². The lowest BCUT2D eigenvalue weighted by molar-refractivity contribution is 1.33. The molecule has 75 valence electrons. The Bertz CT molecular complexity index is 609. The lowest BCUT2D eigenvalue weighted by Crippen LogP contribution is -1.81. The van der Waals surface area contributed by atoms with Gasteiger partial charge in [-0.25, -0.2) is 0 Å². The van der Waals surface area contributed by atoms with E-state index in [1.54, 1.807) is 12.4 Å². The monoisotopic (exact) mass is 204 g/mol. The van der Waals surface area contributed by atoms with E-state index in [4.69, 9.17) is 0 Å². The van der Waals surface area contributed by atoms with Gasteiger partial charge >= 0.3 is 0 Å². The molecule has 0 saturated heterocycles. The van der Waals surface area contributed by atoms with Crippen molar-refractivity contribution in [2.45, 2.75) is 0 Å². The summed E-state index contributed by atoms with van der Waals surface area (Å²) in [4.78, 5) is 4.00. The van der Waals surface area contributed by atoms with Crippen molar-refractivity contribution in [3.05, 3.63) is 67.0 Å². The fraction of sp³-hybridized carbons (Fsp3) is 0. The zero-order valence-corrected chi connectivity index (χ0v) is 8.72. The average Bonchev–Trinajstić information content (AvgIpc) is 2.39. The van der Waals surface area contributed by atoms with Crippen LogP contribution in [0.3, 0.4) is 0 Å². The molecule has 1 aromatic heterocycles. The molecule has 0 spiro atoms. The molecule has 1 heteroatoms. The molecule has 0 bridgehead atoms. The SMILES string of the molecule is [c]1cnccc1-c1cccc2ccccc12. The Labute approximate surface area is 94.4 Å². The van der Waals surface area contributed by atoms with Gasteiger partial charge in [-0.1, -0.05) is 42.5 Å². The summed E-state index contributed by atoms with van der Waals surface area (Å²) < 4.78 is 0. The van der Waals surface area contributed by atoms with Crippen molar-refractivity contribution in [3.63, 3.8) is 0 Å². The number of hydrogen-bond acceptors (Lipinski definition) is 1. The Kier molecular flexibility index (Phi) is 2.15. The molecule has 0 fully saturated rings. The van der Waals surface area contributed by atoms with Crippen LogP contribution < -0.4 is 0 Å². The average molecular weight is 204 g/mol. The molecule has 3 rings (SSSR count). The molecule has 0 unspecified atom stereocenters. The smallest absolute Gasteiger partial charge is 0.0353 e. The van der Waals surface area contributed by atoms with Crippen molar-refractivity contribution in [1.29, 1.82) is 0 Å². The van der Waals surface area contributed by atoms with E-state index in [1.165, 1.54) is 16.3 Å². The fourth-order valence-corrected chi connectivity index (χ4v) is 1.94. The number of nitrogens with zero attached hydrogens (tertiary/aromatic N) is 1. The number of hydrogen-bond donors (Lipinski definition) is 0. The second-order valence-electron chi connectivity index (χ2n) is 3.68. The summed E-state index contributed by atoms with van der Waals surface area (Å²) in [5.74, 6) is 0. The summed E-state index contributed by atoms with van der Waals surface area (Å²) in [6, 6.07) is 19.9. The summed E-state index contributed by atoms with van der Waals surface area (Å²) >= 11 is 0. The first-order valence-electron chi connectivity index (χ1n) is 5.25. The van der Waals surface area contributed by atoms with Crippen LogP contribution in [0.15, 0.2) is 60.9 Å². The fourth-order valence-electron chi connectivity index (χ4n) is 1.94. The van der Waals surface area contributed by atoms with E-state index in [0.717, 1.165) is 5.56 Å². The molecule has 0 amide bonds. The van der Waals surface area contributed by atoms with E-state index in [9.17, 15) is 0 Å². The molecule has 1 radical (unpaired) electrons. The Balaban J connectivity index is 2.32.